The number of carboxylic acids is 1. The van der Waals surface area contributed by atoms with Crippen molar-refractivity contribution in [1.82, 2.24) is 5.32 Å². The van der Waals surface area contributed by atoms with Gasteiger partial charge in [-0.3, -0.25) is 4.79 Å². The summed E-state index contributed by atoms with van der Waals surface area (Å²) in [6.07, 6.45) is 17.5. The Labute approximate surface area is 190 Å². The molecule has 6 heteroatoms. The molecule has 0 saturated carbocycles. The minimum Gasteiger partial charge on any atom is -1.00 e. The Hall–Kier alpha value is -0.100. The zero-order valence-electron chi connectivity index (χ0n) is 18.9. The maximum atomic E-state index is 11.9. The van der Waals surface area contributed by atoms with Crippen molar-refractivity contribution in [2.24, 2.45) is 5.73 Å². The van der Waals surface area contributed by atoms with Gasteiger partial charge in [0.25, 0.3) is 0 Å². The fourth-order valence-electron chi connectivity index (χ4n) is 3.14. The third-order valence-corrected chi connectivity index (χ3v) is 4.84. The van der Waals surface area contributed by atoms with Crippen LogP contribution in [-0.2, 0) is 9.59 Å². The fourth-order valence-corrected chi connectivity index (χ4v) is 3.14. The molecule has 1 amide bonds. The summed E-state index contributed by atoms with van der Waals surface area (Å²) >= 11 is 0. The molecule has 4 N–H and O–H groups in total. The molecule has 1 atom stereocenters. The number of nitrogens with one attached hydrogen (secondary N) is 1. The zero-order chi connectivity index (χ0) is 19.5. The molecule has 5 nitrogen and oxygen atoms in total. The number of amides is 1. The van der Waals surface area contributed by atoms with Gasteiger partial charge in [-0.25, -0.2) is 4.79 Å². The first-order valence-corrected chi connectivity index (χ1v) is 10.8. The van der Waals surface area contributed by atoms with Gasteiger partial charge in [0.1, 0.15) is 6.04 Å². The summed E-state index contributed by atoms with van der Waals surface area (Å²) in [6.45, 7) is 2.80. The van der Waals surface area contributed by atoms with Gasteiger partial charge in [-0.1, -0.05) is 77.6 Å². The van der Waals surface area contributed by atoms with E-state index in [0.717, 1.165) is 25.7 Å². The monoisotopic (exact) mass is 394 g/mol. The number of hydrogen-bond donors (Lipinski definition) is 3. The van der Waals surface area contributed by atoms with Crippen LogP contribution in [0.3, 0.4) is 0 Å². The zero-order valence-corrected chi connectivity index (χ0v) is 19.9. The van der Waals surface area contributed by atoms with Crippen LogP contribution in [0, 0.1) is 0 Å². The molecule has 156 valence electrons. The molecule has 0 fully saturated rings. The molecule has 0 radical (unpaired) electrons. The minimum absolute atomic E-state index is 0. The molecule has 0 aromatic heterocycles. The van der Waals surface area contributed by atoms with Crippen molar-refractivity contribution in [3.63, 3.8) is 0 Å². The van der Waals surface area contributed by atoms with Crippen LogP contribution in [-0.4, -0.2) is 29.6 Å². The Balaban J connectivity index is -0.00000312. The van der Waals surface area contributed by atoms with Crippen LogP contribution in [0.2, 0.25) is 0 Å². The quantitative estimate of drug-likeness (QED) is 0.230. The van der Waals surface area contributed by atoms with E-state index in [1.807, 2.05) is 0 Å². The Kier molecular flexibility index (Phi) is 23.9. The third kappa shape index (κ3) is 20.4. The Morgan fingerprint density at radius 2 is 1.33 bits per heavy atom. The van der Waals surface area contributed by atoms with Gasteiger partial charge in [0.2, 0.25) is 5.91 Å². The smallest absolute Gasteiger partial charge is 1.00 e. The maximum absolute atomic E-state index is 11.9. The number of nitrogens with two attached hydrogens (primary N) is 1. The molecular formula is C21H43N2NaO3. The number of unbranched alkanes of at least 4 members (excludes halogenated alkanes) is 12. The van der Waals surface area contributed by atoms with E-state index in [2.05, 4.69) is 12.2 Å². The first-order valence-electron chi connectivity index (χ1n) is 10.8. The van der Waals surface area contributed by atoms with Crippen LogP contribution in [0.5, 0.6) is 0 Å². The van der Waals surface area contributed by atoms with Gasteiger partial charge in [0.05, 0.1) is 0 Å². The van der Waals surface area contributed by atoms with Crippen LogP contribution in [0.1, 0.15) is 111 Å². The Morgan fingerprint density at radius 3 is 1.78 bits per heavy atom. The molecular weight excluding hydrogens is 351 g/mol. The van der Waals surface area contributed by atoms with Crippen molar-refractivity contribution in [3.8, 4) is 0 Å². The minimum atomic E-state index is -0.954. The summed E-state index contributed by atoms with van der Waals surface area (Å²) in [6, 6.07) is -0.772. The van der Waals surface area contributed by atoms with E-state index in [-0.39, 0.29) is 36.9 Å². The molecule has 0 aromatic carbocycles. The summed E-state index contributed by atoms with van der Waals surface area (Å²) in [5, 5.41) is 11.8. The number of hydrogen-bond acceptors (Lipinski definition) is 3. The summed E-state index contributed by atoms with van der Waals surface area (Å²) in [4.78, 5) is 23.0. The van der Waals surface area contributed by atoms with E-state index >= 15 is 0 Å². The maximum Gasteiger partial charge on any atom is 1.00 e. The van der Waals surface area contributed by atoms with Crippen LogP contribution in [0.4, 0.5) is 0 Å². The Bertz CT molecular complexity index is 361. The predicted molar refractivity (Wildman–Crippen MR) is 109 cm³/mol. The molecule has 0 aromatic rings. The van der Waals surface area contributed by atoms with Crippen molar-refractivity contribution in [1.29, 1.82) is 0 Å². The number of carbonyl (C=O) groups excluding carboxylic acids is 1. The van der Waals surface area contributed by atoms with Crippen molar-refractivity contribution in [3.05, 3.63) is 0 Å². The van der Waals surface area contributed by atoms with Gasteiger partial charge in [-0.2, -0.15) is 0 Å². The summed E-state index contributed by atoms with van der Waals surface area (Å²) in [7, 11) is 0. The summed E-state index contributed by atoms with van der Waals surface area (Å²) in [5.74, 6) is -1.10. The summed E-state index contributed by atoms with van der Waals surface area (Å²) < 4.78 is 0. The van der Waals surface area contributed by atoms with Gasteiger partial charge in [0, 0.05) is 6.42 Å². The van der Waals surface area contributed by atoms with E-state index < -0.39 is 12.0 Å². The predicted octanol–water partition coefficient (Wildman–Crippen LogP) is 1.89. The normalized spacial score (nSPS) is 11.6. The first kappa shape index (κ1) is 29.1. The van der Waals surface area contributed by atoms with Gasteiger partial charge >= 0.3 is 35.5 Å². The second-order valence-electron chi connectivity index (χ2n) is 7.38. The third-order valence-electron chi connectivity index (χ3n) is 4.84. The number of carboxylic acid groups (broad SMARTS) is 1. The van der Waals surface area contributed by atoms with Gasteiger partial charge in [-0.05, 0) is 32.2 Å². The largest absolute Gasteiger partial charge is 1.00 e. The molecule has 0 heterocycles. The van der Waals surface area contributed by atoms with E-state index in [1.165, 1.54) is 64.2 Å². The molecule has 0 saturated heterocycles. The van der Waals surface area contributed by atoms with Gasteiger partial charge in [-0.15, -0.1) is 0 Å². The average molecular weight is 395 g/mol. The van der Waals surface area contributed by atoms with Crippen molar-refractivity contribution < 1.29 is 45.7 Å². The number of carbonyl (C=O) groups is 2. The molecule has 0 spiro atoms. The van der Waals surface area contributed by atoms with E-state index in [4.69, 9.17) is 10.8 Å². The van der Waals surface area contributed by atoms with Crippen LogP contribution in [0.25, 0.3) is 0 Å². The van der Waals surface area contributed by atoms with Crippen molar-refractivity contribution >= 4 is 11.9 Å². The molecule has 0 rings (SSSR count). The Morgan fingerprint density at radius 1 is 0.852 bits per heavy atom. The van der Waals surface area contributed by atoms with E-state index in [0.29, 0.717) is 19.4 Å². The SMILES string of the molecule is CCCCCCCCCCCCCCC(=O)N[C@@H](CCCCN)C(=O)O.[H-].[Na+]. The second kappa shape index (κ2) is 22.2. The number of aliphatic carboxylic acids is 1. The van der Waals surface area contributed by atoms with Crippen molar-refractivity contribution in [2.45, 2.75) is 116 Å². The second-order valence-corrected chi connectivity index (χ2v) is 7.38. The topological polar surface area (TPSA) is 92.4 Å². The molecule has 0 bridgehead atoms. The molecule has 0 unspecified atom stereocenters. The number of rotatable bonds is 19. The van der Waals surface area contributed by atoms with Crippen LogP contribution >= 0.6 is 0 Å². The van der Waals surface area contributed by atoms with E-state index in [1.54, 1.807) is 0 Å². The average Bonchev–Trinajstić information content (AvgIpc) is 2.61. The molecule has 0 aliphatic rings. The summed E-state index contributed by atoms with van der Waals surface area (Å²) in [5.41, 5.74) is 5.41. The standard InChI is InChI=1S/C21H42N2O3.Na.H/c1-2-3-4-5-6-7-8-9-10-11-12-13-17-20(24)23-19(21(25)26)16-14-15-18-22;;/h19H,2-18,22H2,1H3,(H,23,24)(H,25,26);;/q;+1;-1/t19-;;/m0../s1. The fraction of sp³-hybridized carbons (Fsp3) is 0.905. The van der Waals surface area contributed by atoms with Gasteiger partial charge in [0.15, 0.2) is 0 Å². The van der Waals surface area contributed by atoms with Crippen LogP contribution in [0.15, 0.2) is 0 Å². The first-order chi connectivity index (χ1) is 12.6. The molecule has 0 aliphatic carbocycles. The van der Waals surface area contributed by atoms with Crippen molar-refractivity contribution in [2.75, 3.05) is 6.54 Å². The van der Waals surface area contributed by atoms with Crippen LogP contribution < -0.4 is 40.6 Å². The van der Waals surface area contributed by atoms with Gasteiger partial charge < -0.3 is 17.6 Å². The molecule has 27 heavy (non-hydrogen) atoms. The molecule has 0 aliphatic heterocycles. The van der Waals surface area contributed by atoms with E-state index in [9.17, 15) is 9.59 Å².